The molecule has 1 aromatic carbocycles. The van der Waals surface area contributed by atoms with E-state index in [1.165, 1.54) is 5.56 Å². The van der Waals surface area contributed by atoms with Gasteiger partial charge in [-0.2, -0.15) is 0 Å². The summed E-state index contributed by atoms with van der Waals surface area (Å²) in [6.45, 7) is 2.22. The van der Waals surface area contributed by atoms with Crippen LogP contribution in [0.1, 0.15) is 18.3 Å². The zero-order chi connectivity index (χ0) is 12.1. The zero-order valence-electron chi connectivity index (χ0n) is 9.93. The number of aryl methyl sites for hydroxylation is 1. The van der Waals surface area contributed by atoms with Crippen LogP contribution in [-0.4, -0.2) is 21.7 Å². The molecule has 0 saturated carbocycles. The van der Waals surface area contributed by atoms with Gasteiger partial charge in [-0.1, -0.05) is 31.2 Å². The van der Waals surface area contributed by atoms with Gasteiger partial charge in [0.05, 0.1) is 12.3 Å². The molecule has 0 fully saturated rings. The van der Waals surface area contributed by atoms with Crippen molar-refractivity contribution in [2.24, 2.45) is 0 Å². The van der Waals surface area contributed by atoms with Crippen molar-refractivity contribution >= 4 is 0 Å². The maximum Gasteiger partial charge on any atom is 0.131 e. The number of benzene rings is 1. The highest BCUT2D eigenvalue weighted by atomic mass is 16.3. The quantitative estimate of drug-likeness (QED) is 0.873. The average molecular weight is 228 g/mol. The first-order chi connectivity index (χ1) is 8.33. The van der Waals surface area contributed by atoms with E-state index in [0.29, 0.717) is 12.2 Å². The van der Waals surface area contributed by atoms with E-state index < -0.39 is 0 Å². The molecule has 0 aliphatic carbocycles. The van der Waals surface area contributed by atoms with Crippen molar-refractivity contribution in [2.75, 3.05) is 6.61 Å². The molecule has 0 radical (unpaired) electrons. The maximum absolute atomic E-state index is 8.87. The lowest BCUT2D eigenvalue weighted by Crippen LogP contribution is -1.99. The Bertz CT molecular complexity index is 480. The lowest BCUT2D eigenvalue weighted by Gasteiger charge is -2.04. The molecule has 2 rings (SSSR count). The summed E-state index contributed by atoms with van der Waals surface area (Å²) in [4.78, 5) is 8.53. The molecule has 0 aliphatic rings. The summed E-state index contributed by atoms with van der Waals surface area (Å²) in [5.41, 5.74) is 3.31. The summed E-state index contributed by atoms with van der Waals surface area (Å²) in [6.07, 6.45) is 3.28. The van der Waals surface area contributed by atoms with Crippen LogP contribution in [0.5, 0.6) is 0 Å². The Morgan fingerprint density at radius 2 is 1.88 bits per heavy atom. The van der Waals surface area contributed by atoms with Crippen LogP contribution in [-0.2, 0) is 12.8 Å². The Kier molecular flexibility index (Phi) is 3.83. The van der Waals surface area contributed by atoms with Gasteiger partial charge in [0.15, 0.2) is 0 Å². The number of nitrogens with zero attached hydrogens (tertiary/aromatic N) is 2. The Hall–Kier alpha value is -1.74. The number of rotatable bonds is 4. The third kappa shape index (κ3) is 2.88. The monoisotopic (exact) mass is 228 g/mol. The highest BCUT2D eigenvalue weighted by Crippen LogP contribution is 2.17. The van der Waals surface area contributed by atoms with Crippen LogP contribution in [0.3, 0.4) is 0 Å². The van der Waals surface area contributed by atoms with Gasteiger partial charge >= 0.3 is 0 Å². The Morgan fingerprint density at radius 1 is 1.12 bits per heavy atom. The molecular weight excluding hydrogens is 212 g/mol. The molecule has 0 amide bonds. The predicted molar refractivity (Wildman–Crippen MR) is 67.6 cm³/mol. The number of aliphatic hydroxyl groups excluding tert-OH is 1. The fourth-order valence-corrected chi connectivity index (χ4v) is 1.69. The molecule has 0 atom stereocenters. The smallest absolute Gasteiger partial charge is 0.131 e. The van der Waals surface area contributed by atoms with Crippen LogP contribution in [0, 0.1) is 0 Å². The minimum atomic E-state index is 0.0816. The number of hydrogen-bond donors (Lipinski definition) is 1. The fourth-order valence-electron chi connectivity index (χ4n) is 1.69. The topological polar surface area (TPSA) is 46.0 Å². The maximum atomic E-state index is 8.87. The highest BCUT2D eigenvalue weighted by Gasteiger charge is 2.01. The van der Waals surface area contributed by atoms with Crippen LogP contribution in [0.25, 0.3) is 11.3 Å². The van der Waals surface area contributed by atoms with Gasteiger partial charge in [-0.3, -0.25) is 0 Å². The summed E-state index contributed by atoms with van der Waals surface area (Å²) < 4.78 is 0. The molecule has 0 spiro atoms. The van der Waals surface area contributed by atoms with Crippen molar-refractivity contribution in [1.82, 2.24) is 9.97 Å². The molecule has 2 aromatic rings. The Labute approximate surface area is 101 Å². The summed E-state index contributed by atoms with van der Waals surface area (Å²) in [5, 5.41) is 8.87. The minimum absolute atomic E-state index is 0.0816. The standard InChI is InChI=1S/C14H16N2O/c1-2-11-3-5-12(6-4-11)13-7-9-15-14(16-13)8-10-17/h3-7,9,17H,2,8,10H2,1H3. The van der Waals surface area contributed by atoms with E-state index in [1.54, 1.807) is 6.20 Å². The average Bonchev–Trinajstić information content (AvgIpc) is 2.40. The van der Waals surface area contributed by atoms with Crippen molar-refractivity contribution in [3.63, 3.8) is 0 Å². The Morgan fingerprint density at radius 3 is 2.53 bits per heavy atom. The molecule has 3 heteroatoms. The molecule has 1 aromatic heterocycles. The van der Waals surface area contributed by atoms with Gasteiger partial charge in [0.25, 0.3) is 0 Å². The molecular formula is C14H16N2O. The highest BCUT2D eigenvalue weighted by molar-refractivity contribution is 5.58. The second kappa shape index (κ2) is 5.55. The van der Waals surface area contributed by atoms with E-state index in [0.717, 1.165) is 17.7 Å². The first-order valence-corrected chi connectivity index (χ1v) is 5.85. The first kappa shape index (κ1) is 11.7. The van der Waals surface area contributed by atoms with Crippen molar-refractivity contribution in [1.29, 1.82) is 0 Å². The molecule has 17 heavy (non-hydrogen) atoms. The second-order valence-electron chi connectivity index (χ2n) is 3.88. The van der Waals surface area contributed by atoms with Crippen molar-refractivity contribution in [3.8, 4) is 11.3 Å². The van der Waals surface area contributed by atoms with Gasteiger partial charge in [0, 0.05) is 18.2 Å². The molecule has 3 nitrogen and oxygen atoms in total. The molecule has 88 valence electrons. The second-order valence-corrected chi connectivity index (χ2v) is 3.88. The molecule has 0 saturated heterocycles. The van der Waals surface area contributed by atoms with Crippen molar-refractivity contribution < 1.29 is 5.11 Å². The van der Waals surface area contributed by atoms with Gasteiger partial charge in [-0.05, 0) is 18.1 Å². The van der Waals surface area contributed by atoms with Crippen LogP contribution < -0.4 is 0 Å². The third-order valence-corrected chi connectivity index (χ3v) is 2.70. The number of aliphatic hydroxyl groups is 1. The van der Waals surface area contributed by atoms with E-state index in [2.05, 4.69) is 41.2 Å². The van der Waals surface area contributed by atoms with Crippen LogP contribution >= 0.6 is 0 Å². The lowest BCUT2D eigenvalue weighted by atomic mass is 10.1. The predicted octanol–water partition coefficient (Wildman–Crippen LogP) is 2.24. The minimum Gasteiger partial charge on any atom is -0.396 e. The van der Waals surface area contributed by atoms with E-state index in [9.17, 15) is 0 Å². The summed E-state index contributed by atoms with van der Waals surface area (Å²) >= 11 is 0. The first-order valence-electron chi connectivity index (χ1n) is 5.85. The molecule has 0 bridgehead atoms. The largest absolute Gasteiger partial charge is 0.396 e. The van der Waals surface area contributed by atoms with Gasteiger partial charge in [-0.15, -0.1) is 0 Å². The third-order valence-electron chi connectivity index (χ3n) is 2.70. The number of aromatic nitrogens is 2. The van der Waals surface area contributed by atoms with Gasteiger partial charge in [0.1, 0.15) is 5.82 Å². The zero-order valence-corrected chi connectivity index (χ0v) is 9.93. The normalized spacial score (nSPS) is 10.5. The van der Waals surface area contributed by atoms with E-state index >= 15 is 0 Å². The lowest BCUT2D eigenvalue weighted by molar-refractivity contribution is 0.296. The summed E-state index contributed by atoms with van der Waals surface area (Å²) in [6, 6.07) is 10.3. The number of hydrogen-bond acceptors (Lipinski definition) is 3. The summed E-state index contributed by atoms with van der Waals surface area (Å²) in [5.74, 6) is 0.685. The molecule has 0 unspecified atom stereocenters. The molecule has 0 aliphatic heterocycles. The fraction of sp³-hybridized carbons (Fsp3) is 0.286. The summed E-state index contributed by atoms with van der Waals surface area (Å²) in [7, 11) is 0. The van der Waals surface area contributed by atoms with E-state index in [4.69, 9.17) is 5.11 Å². The van der Waals surface area contributed by atoms with Gasteiger partial charge < -0.3 is 5.11 Å². The van der Waals surface area contributed by atoms with Crippen molar-refractivity contribution in [3.05, 3.63) is 47.9 Å². The SMILES string of the molecule is CCc1ccc(-c2ccnc(CCO)n2)cc1. The van der Waals surface area contributed by atoms with Crippen LogP contribution in [0.2, 0.25) is 0 Å². The van der Waals surface area contributed by atoms with Gasteiger partial charge in [0.2, 0.25) is 0 Å². The molecule has 1 N–H and O–H groups in total. The van der Waals surface area contributed by atoms with Gasteiger partial charge in [-0.25, -0.2) is 9.97 Å². The van der Waals surface area contributed by atoms with E-state index in [-0.39, 0.29) is 6.61 Å². The van der Waals surface area contributed by atoms with E-state index in [1.807, 2.05) is 6.07 Å². The molecule has 1 heterocycles. The van der Waals surface area contributed by atoms with Crippen molar-refractivity contribution in [2.45, 2.75) is 19.8 Å². The Balaban J connectivity index is 2.28. The van der Waals surface area contributed by atoms with Crippen LogP contribution in [0.4, 0.5) is 0 Å². The van der Waals surface area contributed by atoms with Crippen LogP contribution in [0.15, 0.2) is 36.5 Å².